The molecule has 0 fully saturated rings. The van der Waals surface area contributed by atoms with Crippen molar-refractivity contribution in [2.24, 2.45) is 4.99 Å². The number of nitro groups is 1. The molecular weight excluding hydrogens is 424 g/mol. The lowest BCUT2D eigenvalue weighted by molar-refractivity contribution is -0.385. The number of rotatable bonds is 8. The molecule has 1 aliphatic heterocycles. The monoisotopic (exact) mass is 448 g/mol. The Morgan fingerprint density at radius 1 is 1.00 bits per heavy atom. The minimum absolute atomic E-state index is 0.0399. The van der Waals surface area contributed by atoms with E-state index in [2.05, 4.69) is 0 Å². The van der Waals surface area contributed by atoms with Gasteiger partial charge in [-0.25, -0.2) is 0 Å². The number of hydrogen-bond acceptors (Lipinski definition) is 7. The summed E-state index contributed by atoms with van der Waals surface area (Å²) in [6.07, 6.45) is -0.435. The summed E-state index contributed by atoms with van der Waals surface area (Å²) < 4.78 is 23.2. The Balaban J connectivity index is 1.94. The molecule has 1 aliphatic rings. The van der Waals surface area contributed by atoms with Crippen molar-refractivity contribution in [1.82, 2.24) is 0 Å². The minimum atomic E-state index is -0.435. The molecule has 0 aliphatic carbocycles. The van der Waals surface area contributed by atoms with Crippen LogP contribution < -0.4 is 14.2 Å². The van der Waals surface area contributed by atoms with E-state index in [4.69, 9.17) is 23.9 Å². The van der Waals surface area contributed by atoms with Crippen LogP contribution in [0.1, 0.15) is 28.4 Å². The Kier molecular flexibility index (Phi) is 6.55. The van der Waals surface area contributed by atoms with E-state index >= 15 is 0 Å². The van der Waals surface area contributed by atoms with Crippen molar-refractivity contribution in [1.29, 1.82) is 0 Å². The largest absolute Gasteiger partial charge is 0.493 e. The molecular formula is C25H24N2O6. The van der Waals surface area contributed by atoms with Gasteiger partial charge in [0.25, 0.3) is 5.69 Å². The lowest BCUT2D eigenvalue weighted by atomic mass is 9.89. The fraction of sp³-hybridized carbons (Fsp3) is 0.240. The van der Waals surface area contributed by atoms with Gasteiger partial charge < -0.3 is 18.9 Å². The van der Waals surface area contributed by atoms with E-state index < -0.39 is 11.0 Å². The van der Waals surface area contributed by atoms with Crippen LogP contribution in [0.5, 0.6) is 17.2 Å². The van der Waals surface area contributed by atoms with Gasteiger partial charge in [-0.2, -0.15) is 0 Å². The molecule has 0 saturated heterocycles. The molecule has 1 atom stereocenters. The zero-order chi connectivity index (χ0) is 23.4. The number of fused-ring (bicyclic) bond motifs is 1. The highest BCUT2D eigenvalue weighted by atomic mass is 16.6. The number of methoxy groups -OCH3 is 3. The van der Waals surface area contributed by atoms with E-state index in [0.29, 0.717) is 46.3 Å². The lowest BCUT2D eigenvalue weighted by Gasteiger charge is -2.29. The Hall–Kier alpha value is -3.91. The van der Waals surface area contributed by atoms with E-state index in [1.54, 1.807) is 45.6 Å². The summed E-state index contributed by atoms with van der Waals surface area (Å²) in [6, 6.07) is 18.0. The fourth-order valence-electron chi connectivity index (χ4n) is 3.99. The predicted octanol–water partition coefficient (Wildman–Crippen LogP) is 4.73. The maximum Gasteiger partial charge on any atom is 0.278 e. The van der Waals surface area contributed by atoms with Crippen LogP contribution in [-0.4, -0.2) is 38.5 Å². The second-order valence-corrected chi connectivity index (χ2v) is 7.36. The van der Waals surface area contributed by atoms with Gasteiger partial charge in [-0.1, -0.05) is 42.5 Å². The zero-order valence-corrected chi connectivity index (χ0v) is 18.6. The highest BCUT2D eigenvalue weighted by molar-refractivity contribution is 6.18. The van der Waals surface area contributed by atoms with Crippen molar-refractivity contribution < 1.29 is 23.9 Å². The quantitative estimate of drug-likeness (QED) is 0.365. The molecule has 33 heavy (non-hydrogen) atoms. The molecule has 0 radical (unpaired) electrons. The summed E-state index contributed by atoms with van der Waals surface area (Å²) in [7, 11) is 4.68. The minimum Gasteiger partial charge on any atom is -0.493 e. The van der Waals surface area contributed by atoms with Gasteiger partial charge in [0.05, 0.1) is 42.5 Å². The Morgan fingerprint density at radius 2 is 1.73 bits per heavy atom. The zero-order valence-electron chi connectivity index (χ0n) is 18.6. The third-order valence-electron chi connectivity index (χ3n) is 5.52. The van der Waals surface area contributed by atoms with Gasteiger partial charge in [0, 0.05) is 24.8 Å². The highest BCUT2D eigenvalue weighted by Gasteiger charge is 2.35. The summed E-state index contributed by atoms with van der Waals surface area (Å²) in [6.45, 7) is 0.567. The molecule has 3 aromatic rings. The van der Waals surface area contributed by atoms with Crippen LogP contribution in [0.4, 0.5) is 5.69 Å². The van der Waals surface area contributed by atoms with Gasteiger partial charge in [-0.05, 0) is 11.6 Å². The number of hydrogen-bond donors (Lipinski definition) is 0. The van der Waals surface area contributed by atoms with Gasteiger partial charge in [-0.3, -0.25) is 15.1 Å². The van der Waals surface area contributed by atoms with E-state index in [9.17, 15) is 10.1 Å². The van der Waals surface area contributed by atoms with Crippen molar-refractivity contribution in [3.63, 3.8) is 0 Å². The second kappa shape index (κ2) is 9.70. The number of nitro benzene ring substituents is 1. The average Bonchev–Trinajstić information content (AvgIpc) is 2.86. The van der Waals surface area contributed by atoms with Crippen molar-refractivity contribution >= 4 is 11.4 Å². The summed E-state index contributed by atoms with van der Waals surface area (Å²) in [5.74, 6) is 1.44. The van der Waals surface area contributed by atoms with Gasteiger partial charge >= 0.3 is 0 Å². The summed E-state index contributed by atoms with van der Waals surface area (Å²) in [4.78, 5) is 16.0. The fourth-order valence-corrected chi connectivity index (χ4v) is 3.99. The number of benzene rings is 3. The maximum atomic E-state index is 11.8. The first-order valence-electron chi connectivity index (χ1n) is 10.4. The van der Waals surface area contributed by atoms with Crippen LogP contribution >= 0.6 is 0 Å². The number of ether oxygens (including phenoxy) is 4. The topological polar surface area (TPSA) is 92.4 Å². The molecule has 0 spiro atoms. The Morgan fingerprint density at radius 3 is 2.39 bits per heavy atom. The van der Waals surface area contributed by atoms with Crippen LogP contribution in [0, 0.1) is 10.1 Å². The first-order chi connectivity index (χ1) is 16.1. The first kappa shape index (κ1) is 22.3. The lowest BCUT2D eigenvalue weighted by Crippen LogP contribution is -2.23. The SMILES string of the molecule is COc1cc(OCc2ccccc2)c2c(c1OC)C(OC)CN=C2c1ccccc1[N+](=O)[O-]. The summed E-state index contributed by atoms with van der Waals surface area (Å²) in [5.41, 5.74) is 3.07. The van der Waals surface area contributed by atoms with Gasteiger partial charge in [-0.15, -0.1) is 0 Å². The molecule has 3 aromatic carbocycles. The Labute approximate surface area is 191 Å². The molecule has 0 amide bonds. The molecule has 1 unspecified atom stereocenters. The summed E-state index contributed by atoms with van der Waals surface area (Å²) >= 11 is 0. The first-order valence-corrected chi connectivity index (χ1v) is 10.4. The Bertz CT molecular complexity index is 1190. The second-order valence-electron chi connectivity index (χ2n) is 7.36. The van der Waals surface area contributed by atoms with Crippen LogP contribution in [0.2, 0.25) is 0 Å². The van der Waals surface area contributed by atoms with E-state index in [1.807, 2.05) is 30.3 Å². The third kappa shape index (κ3) is 4.25. The molecule has 8 heteroatoms. The van der Waals surface area contributed by atoms with Gasteiger partial charge in [0.2, 0.25) is 0 Å². The van der Waals surface area contributed by atoms with Crippen LogP contribution in [0.25, 0.3) is 0 Å². The van der Waals surface area contributed by atoms with Gasteiger partial charge in [0.15, 0.2) is 11.5 Å². The summed E-state index contributed by atoms with van der Waals surface area (Å²) in [5, 5.41) is 11.8. The van der Waals surface area contributed by atoms with E-state index in [0.717, 1.165) is 5.56 Å². The van der Waals surface area contributed by atoms with Crippen molar-refractivity contribution in [2.45, 2.75) is 12.7 Å². The smallest absolute Gasteiger partial charge is 0.278 e. The molecule has 0 aromatic heterocycles. The van der Waals surface area contributed by atoms with Gasteiger partial charge in [0.1, 0.15) is 18.5 Å². The molecule has 0 saturated carbocycles. The van der Waals surface area contributed by atoms with Crippen LogP contribution in [-0.2, 0) is 11.3 Å². The van der Waals surface area contributed by atoms with Crippen molar-refractivity contribution in [3.8, 4) is 17.2 Å². The normalized spacial score (nSPS) is 14.8. The average molecular weight is 448 g/mol. The van der Waals surface area contributed by atoms with Crippen molar-refractivity contribution in [3.05, 3.63) is 93.0 Å². The molecule has 0 N–H and O–H groups in total. The third-order valence-corrected chi connectivity index (χ3v) is 5.52. The predicted molar refractivity (Wildman–Crippen MR) is 124 cm³/mol. The maximum absolute atomic E-state index is 11.8. The van der Waals surface area contributed by atoms with Crippen LogP contribution in [0.15, 0.2) is 65.7 Å². The number of para-hydroxylation sites is 1. The van der Waals surface area contributed by atoms with E-state index in [-0.39, 0.29) is 12.2 Å². The number of aliphatic imine (C=N–C) groups is 1. The number of nitrogens with zero attached hydrogens (tertiary/aromatic N) is 2. The molecule has 8 nitrogen and oxygen atoms in total. The molecule has 170 valence electrons. The highest BCUT2D eigenvalue weighted by Crippen LogP contribution is 2.47. The van der Waals surface area contributed by atoms with Crippen molar-refractivity contribution in [2.75, 3.05) is 27.9 Å². The molecule has 4 rings (SSSR count). The molecule has 0 bridgehead atoms. The van der Waals surface area contributed by atoms with E-state index in [1.165, 1.54) is 6.07 Å². The van der Waals surface area contributed by atoms with Crippen LogP contribution in [0.3, 0.4) is 0 Å². The standard InChI is InChI=1S/C25H24N2O6/c1-30-20-13-19(33-15-16-9-5-4-6-10-16)22-23(25(20)32-3)21(31-2)14-26-24(22)17-11-7-8-12-18(17)27(28)29/h4-13,21H,14-15H2,1-3H3. The molecule has 1 heterocycles.